The van der Waals surface area contributed by atoms with E-state index >= 15 is 0 Å². The van der Waals surface area contributed by atoms with E-state index in [1.165, 1.54) is 6.07 Å². The number of hydrogen-bond acceptors (Lipinski definition) is 3. The van der Waals surface area contributed by atoms with Gasteiger partial charge in [0.1, 0.15) is 5.82 Å². The van der Waals surface area contributed by atoms with Crippen LogP contribution >= 0.6 is 0 Å². The predicted molar refractivity (Wildman–Crippen MR) is 67.4 cm³/mol. The molecule has 0 aliphatic rings. The summed E-state index contributed by atoms with van der Waals surface area (Å²) in [6.07, 6.45) is 0.621. The van der Waals surface area contributed by atoms with Gasteiger partial charge in [0.25, 0.3) is 0 Å². The van der Waals surface area contributed by atoms with Gasteiger partial charge in [-0.25, -0.2) is 14.4 Å². The third kappa shape index (κ3) is 1.95. The van der Waals surface area contributed by atoms with E-state index in [9.17, 15) is 4.39 Å². The summed E-state index contributed by atoms with van der Waals surface area (Å²) in [7, 11) is 0. The highest BCUT2D eigenvalue weighted by molar-refractivity contribution is 5.86. The second kappa shape index (κ2) is 4.28. The molecule has 0 radical (unpaired) electrons. The first kappa shape index (κ1) is 11.8. The number of aryl methyl sites for hydroxylation is 1. The third-order valence-electron chi connectivity index (χ3n) is 2.86. The van der Waals surface area contributed by atoms with Gasteiger partial charge < -0.3 is 5.73 Å². The highest BCUT2D eigenvalue weighted by atomic mass is 19.1. The number of halogens is 1. The molecular weight excluding hydrogens is 217 g/mol. The molecule has 3 nitrogen and oxygen atoms in total. The monoisotopic (exact) mass is 233 g/mol. The maximum absolute atomic E-state index is 13.8. The third-order valence-corrected chi connectivity index (χ3v) is 2.86. The lowest BCUT2D eigenvalue weighted by Gasteiger charge is -2.13. The van der Waals surface area contributed by atoms with Crippen LogP contribution in [-0.2, 0) is 6.42 Å². The number of rotatable bonds is 2. The molecule has 0 fully saturated rings. The van der Waals surface area contributed by atoms with Gasteiger partial charge in [-0.1, -0.05) is 20.8 Å². The van der Waals surface area contributed by atoms with Crippen molar-refractivity contribution in [2.75, 3.05) is 5.73 Å². The molecule has 0 spiro atoms. The van der Waals surface area contributed by atoms with Crippen molar-refractivity contribution in [3.63, 3.8) is 0 Å². The molecule has 0 saturated carbocycles. The van der Waals surface area contributed by atoms with Crippen molar-refractivity contribution >= 4 is 16.9 Å². The van der Waals surface area contributed by atoms with Crippen LogP contribution in [0.25, 0.3) is 10.9 Å². The lowest BCUT2D eigenvalue weighted by Crippen LogP contribution is -2.05. The van der Waals surface area contributed by atoms with Gasteiger partial charge in [0.05, 0.1) is 11.2 Å². The predicted octanol–water partition coefficient (Wildman–Crippen LogP) is 3.04. The molecule has 0 aliphatic heterocycles. The normalized spacial score (nSPS) is 11.4. The molecule has 2 N–H and O–H groups in total. The standard InChI is InChI=1S/C13H16FN3/c1-4-8-9(14)5-6-10-11(8)12(7(2)3)17-13(15)16-10/h5-7H,4H2,1-3H3,(H2,15,16,17). The zero-order chi connectivity index (χ0) is 12.6. The summed E-state index contributed by atoms with van der Waals surface area (Å²) in [6.45, 7) is 5.97. The number of nitrogens with zero attached hydrogens (tertiary/aromatic N) is 2. The Morgan fingerprint density at radius 3 is 2.59 bits per heavy atom. The first-order valence-electron chi connectivity index (χ1n) is 5.79. The first-order chi connectivity index (χ1) is 8.04. The molecule has 1 aromatic carbocycles. The zero-order valence-electron chi connectivity index (χ0n) is 10.3. The maximum Gasteiger partial charge on any atom is 0.220 e. The van der Waals surface area contributed by atoms with Crippen LogP contribution in [0.5, 0.6) is 0 Å². The van der Waals surface area contributed by atoms with E-state index in [0.29, 0.717) is 12.0 Å². The van der Waals surface area contributed by atoms with Crippen molar-refractivity contribution in [1.29, 1.82) is 0 Å². The summed E-state index contributed by atoms with van der Waals surface area (Å²) >= 11 is 0. The van der Waals surface area contributed by atoms with Crippen LogP contribution in [0.3, 0.4) is 0 Å². The fraction of sp³-hybridized carbons (Fsp3) is 0.385. The van der Waals surface area contributed by atoms with E-state index in [-0.39, 0.29) is 17.7 Å². The maximum atomic E-state index is 13.8. The Kier molecular flexibility index (Phi) is 2.96. The van der Waals surface area contributed by atoms with Gasteiger partial charge in [0, 0.05) is 5.39 Å². The van der Waals surface area contributed by atoms with Crippen molar-refractivity contribution in [2.45, 2.75) is 33.1 Å². The van der Waals surface area contributed by atoms with Crippen LogP contribution in [0.4, 0.5) is 10.3 Å². The second-order valence-corrected chi connectivity index (χ2v) is 4.40. The molecule has 2 rings (SSSR count). The molecule has 0 aliphatic carbocycles. The lowest BCUT2D eigenvalue weighted by molar-refractivity contribution is 0.614. The zero-order valence-corrected chi connectivity index (χ0v) is 10.3. The number of hydrogen-bond donors (Lipinski definition) is 1. The number of fused-ring (bicyclic) bond motifs is 1. The van der Waals surface area contributed by atoms with Gasteiger partial charge in [0.15, 0.2) is 0 Å². The fourth-order valence-electron chi connectivity index (χ4n) is 2.08. The quantitative estimate of drug-likeness (QED) is 0.867. The Hall–Kier alpha value is -1.71. The molecule has 90 valence electrons. The number of aromatic nitrogens is 2. The summed E-state index contributed by atoms with van der Waals surface area (Å²) in [5.74, 6) is 0.236. The molecule has 2 aromatic rings. The van der Waals surface area contributed by atoms with Crippen LogP contribution in [-0.4, -0.2) is 9.97 Å². The molecule has 4 heteroatoms. The highest BCUT2D eigenvalue weighted by Gasteiger charge is 2.15. The minimum absolute atomic E-state index is 0.190. The van der Waals surface area contributed by atoms with Crippen molar-refractivity contribution in [3.8, 4) is 0 Å². The Balaban J connectivity index is 2.91. The van der Waals surface area contributed by atoms with Gasteiger partial charge in [0.2, 0.25) is 5.95 Å². The topological polar surface area (TPSA) is 51.8 Å². The summed E-state index contributed by atoms with van der Waals surface area (Å²) in [5, 5.41) is 0.816. The van der Waals surface area contributed by atoms with Gasteiger partial charge in [-0.3, -0.25) is 0 Å². The summed E-state index contributed by atoms with van der Waals surface area (Å²) in [6, 6.07) is 3.10. The van der Waals surface area contributed by atoms with Crippen molar-refractivity contribution in [1.82, 2.24) is 9.97 Å². The Morgan fingerprint density at radius 1 is 1.29 bits per heavy atom. The molecular formula is C13H16FN3. The van der Waals surface area contributed by atoms with Crippen LogP contribution in [0.15, 0.2) is 12.1 Å². The van der Waals surface area contributed by atoms with Crippen LogP contribution < -0.4 is 5.73 Å². The lowest BCUT2D eigenvalue weighted by atomic mass is 9.98. The van der Waals surface area contributed by atoms with E-state index in [1.807, 2.05) is 20.8 Å². The Bertz CT molecular complexity index is 564. The van der Waals surface area contributed by atoms with Gasteiger partial charge in [-0.15, -0.1) is 0 Å². The van der Waals surface area contributed by atoms with E-state index < -0.39 is 0 Å². The van der Waals surface area contributed by atoms with E-state index in [4.69, 9.17) is 5.73 Å². The number of nitrogens with two attached hydrogens (primary N) is 1. The summed E-state index contributed by atoms with van der Waals surface area (Å²) in [5.41, 5.74) is 7.89. The second-order valence-electron chi connectivity index (χ2n) is 4.40. The summed E-state index contributed by atoms with van der Waals surface area (Å²) in [4.78, 5) is 8.42. The molecule has 0 bridgehead atoms. The first-order valence-corrected chi connectivity index (χ1v) is 5.79. The molecule has 0 atom stereocenters. The van der Waals surface area contributed by atoms with E-state index in [2.05, 4.69) is 9.97 Å². The van der Waals surface area contributed by atoms with E-state index in [1.54, 1.807) is 6.07 Å². The van der Waals surface area contributed by atoms with Crippen molar-refractivity contribution in [3.05, 3.63) is 29.2 Å². The minimum atomic E-state index is -0.199. The molecule has 1 heterocycles. The molecule has 17 heavy (non-hydrogen) atoms. The minimum Gasteiger partial charge on any atom is -0.368 e. The molecule has 1 aromatic heterocycles. The largest absolute Gasteiger partial charge is 0.368 e. The van der Waals surface area contributed by atoms with Crippen LogP contribution in [0.2, 0.25) is 0 Å². The molecule has 0 saturated heterocycles. The van der Waals surface area contributed by atoms with Crippen LogP contribution in [0, 0.1) is 5.82 Å². The highest BCUT2D eigenvalue weighted by Crippen LogP contribution is 2.28. The van der Waals surface area contributed by atoms with E-state index in [0.717, 1.165) is 16.6 Å². The van der Waals surface area contributed by atoms with Crippen molar-refractivity contribution in [2.24, 2.45) is 0 Å². The number of benzene rings is 1. The van der Waals surface area contributed by atoms with Gasteiger partial charge in [-0.2, -0.15) is 0 Å². The number of nitrogen functional groups attached to an aromatic ring is 1. The van der Waals surface area contributed by atoms with Gasteiger partial charge in [-0.05, 0) is 30.0 Å². The summed E-state index contributed by atoms with van der Waals surface area (Å²) < 4.78 is 13.8. The van der Waals surface area contributed by atoms with Crippen molar-refractivity contribution < 1.29 is 4.39 Å². The fourth-order valence-corrected chi connectivity index (χ4v) is 2.08. The SMILES string of the molecule is CCc1c(F)ccc2nc(N)nc(C(C)C)c12. The number of anilines is 1. The average Bonchev–Trinajstić information content (AvgIpc) is 2.28. The smallest absolute Gasteiger partial charge is 0.220 e. The Labute approximate surface area is 99.9 Å². The average molecular weight is 233 g/mol. The van der Waals surface area contributed by atoms with Crippen LogP contribution in [0.1, 0.15) is 37.9 Å². The molecule has 0 unspecified atom stereocenters. The molecule has 0 amide bonds. The Morgan fingerprint density at radius 2 is 2.00 bits per heavy atom. The van der Waals surface area contributed by atoms with Gasteiger partial charge >= 0.3 is 0 Å².